The van der Waals surface area contributed by atoms with Crippen LogP contribution in [0.4, 0.5) is 0 Å². The highest BCUT2D eigenvalue weighted by molar-refractivity contribution is 9.10. The highest BCUT2D eigenvalue weighted by Crippen LogP contribution is 2.20. The molecule has 0 saturated carbocycles. The molecule has 0 aliphatic rings. The van der Waals surface area contributed by atoms with Gasteiger partial charge in [0.15, 0.2) is 0 Å². The van der Waals surface area contributed by atoms with Crippen LogP contribution in [0.5, 0.6) is 0 Å². The molecule has 0 spiro atoms. The Morgan fingerprint density at radius 1 is 1.50 bits per heavy atom. The van der Waals surface area contributed by atoms with Crippen LogP contribution in [0.25, 0.3) is 0 Å². The van der Waals surface area contributed by atoms with Crippen LogP contribution < -0.4 is 5.32 Å². The lowest BCUT2D eigenvalue weighted by molar-refractivity contribution is 0.538. The van der Waals surface area contributed by atoms with E-state index in [-0.39, 0.29) is 0 Å². The molecule has 0 aromatic carbocycles. The second kappa shape index (κ2) is 4.94. The van der Waals surface area contributed by atoms with E-state index in [1.165, 1.54) is 5.69 Å². The molecule has 1 N–H and O–H groups in total. The van der Waals surface area contributed by atoms with Crippen LogP contribution >= 0.6 is 15.9 Å². The Morgan fingerprint density at radius 2 is 2.14 bits per heavy atom. The van der Waals surface area contributed by atoms with Gasteiger partial charge in [0.2, 0.25) is 0 Å². The molecule has 4 heteroatoms. The maximum atomic E-state index is 4.44. The summed E-state index contributed by atoms with van der Waals surface area (Å²) in [6.45, 7) is 10.2. The average molecular weight is 260 g/mol. The smallest absolute Gasteiger partial charge is 0.0739 e. The third-order valence-electron chi connectivity index (χ3n) is 2.13. The molecule has 1 aromatic rings. The number of aromatic nitrogens is 2. The lowest BCUT2D eigenvalue weighted by atomic mass is 10.3. The van der Waals surface area contributed by atoms with E-state index in [9.17, 15) is 0 Å². The molecular formula is C10H18BrN3. The maximum absolute atomic E-state index is 4.44. The normalized spacial score (nSPS) is 11.3. The molecule has 0 bridgehead atoms. The van der Waals surface area contributed by atoms with E-state index >= 15 is 0 Å². The Bertz CT molecular complexity index is 305. The van der Waals surface area contributed by atoms with E-state index in [1.54, 1.807) is 0 Å². The summed E-state index contributed by atoms with van der Waals surface area (Å²) in [5.41, 5.74) is 2.30. The van der Waals surface area contributed by atoms with Crippen molar-refractivity contribution in [3.05, 3.63) is 15.9 Å². The largest absolute Gasteiger partial charge is 0.309 e. The quantitative estimate of drug-likeness (QED) is 0.901. The van der Waals surface area contributed by atoms with E-state index in [1.807, 2.05) is 11.6 Å². The average Bonchev–Trinajstić information content (AvgIpc) is 2.40. The molecule has 0 aliphatic carbocycles. The number of aryl methyl sites for hydroxylation is 2. The summed E-state index contributed by atoms with van der Waals surface area (Å²) >= 11 is 3.57. The van der Waals surface area contributed by atoms with Crippen LogP contribution in [0.15, 0.2) is 4.47 Å². The molecule has 80 valence electrons. The van der Waals surface area contributed by atoms with Crippen LogP contribution in [0.3, 0.4) is 0 Å². The van der Waals surface area contributed by atoms with Crippen molar-refractivity contribution < 1.29 is 0 Å². The fraction of sp³-hybridized carbons (Fsp3) is 0.700. The Hall–Kier alpha value is -0.350. The van der Waals surface area contributed by atoms with Crippen LogP contribution in [0, 0.1) is 6.92 Å². The predicted octanol–water partition coefficient (Wildman–Crippen LogP) is 2.47. The van der Waals surface area contributed by atoms with Gasteiger partial charge in [0.1, 0.15) is 0 Å². The van der Waals surface area contributed by atoms with E-state index in [0.717, 1.165) is 23.3 Å². The first-order valence-corrected chi connectivity index (χ1v) is 5.80. The minimum absolute atomic E-state index is 0.502. The second-order valence-electron chi connectivity index (χ2n) is 3.70. The van der Waals surface area contributed by atoms with Gasteiger partial charge in [0.05, 0.1) is 15.9 Å². The van der Waals surface area contributed by atoms with E-state index in [4.69, 9.17) is 0 Å². The Balaban J connectivity index is 2.82. The van der Waals surface area contributed by atoms with Crippen molar-refractivity contribution in [1.82, 2.24) is 15.1 Å². The molecule has 0 saturated heterocycles. The fourth-order valence-electron chi connectivity index (χ4n) is 1.34. The Labute approximate surface area is 94.0 Å². The number of halogens is 1. The molecule has 1 aromatic heterocycles. The van der Waals surface area contributed by atoms with Gasteiger partial charge in [-0.2, -0.15) is 5.10 Å². The van der Waals surface area contributed by atoms with E-state index in [0.29, 0.717) is 6.04 Å². The van der Waals surface area contributed by atoms with E-state index in [2.05, 4.69) is 47.1 Å². The molecule has 0 aliphatic heterocycles. The third kappa shape index (κ3) is 2.58. The first-order valence-electron chi connectivity index (χ1n) is 5.01. The SMILES string of the molecule is CCn1nc(C)c(Br)c1CNC(C)C. The summed E-state index contributed by atoms with van der Waals surface area (Å²) in [5.74, 6) is 0. The summed E-state index contributed by atoms with van der Waals surface area (Å²) in [7, 11) is 0. The summed E-state index contributed by atoms with van der Waals surface area (Å²) in [4.78, 5) is 0. The Kier molecular flexibility index (Phi) is 4.13. The molecular weight excluding hydrogens is 242 g/mol. The van der Waals surface area contributed by atoms with E-state index < -0.39 is 0 Å². The molecule has 0 fully saturated rings. The van der Waals surface area contributed by atoms with Gasteiger partial charge in [-0.1, -0.05) is 13.8 Å². The number of hydrogen-bond acceptors (Lipinski definition) is 2. The van der Waals surface area contributed by atoms with Crippen molar-refractivity contribution >= 4 is 15.9 Å². The molecule has 14 heavy (non-hydrogen) atoms. The van der Waals surface area contributed by atoms with Gasteiger partial charge in [-0.25, -0.2) is 0 Å². The molecule has 1 heterocycles. The van der Waals surface area contributed by atoms with Gasteiger partial charge >= 0.3 is 0 Å². The zero-order chi connectivity index (χ0) is 10.7. The van der Waals surface area contributed by atoms with Crippen LogP contribution in [-0.4, -0.2) is 15.8 Å². The minimum atomic E-state index is 0.502. The number of nitrogens with zero attached hydrogens (tertiary/aromatic N) is 2. The molecule has 0 amide bonds. The molecule has 0 radical (unpaired) electrons. The minimum Gasteiger partial charge on any atom is -0.309 e. The first-order chi connectivity index (χ1) is 6.56. The summed E-state index contributed by atoms with van der Waals surface area (Å²) in [6.07, 6.45) is 0. The molecule has 3 nitrogen and oxygen atoms in total. The number of rotatable bonds is 4. The van der Waals surface area contributed by atoms with Crippen molar-refractivity contribution in [1.29, 1.82) is 0 Å². The lowest BCUT2D eigenvalue weighted by Gasteiger charge is -2.09. The third-order valence-corrected chi connectivity index (χ3v) is 3.16. The monoisotopic (exact) mass is 259 g/mol. The molecule has 1 rings (SSSR count). The predicted molar refractivity (Wildman–Crippen MR) is 62.3 cm³/mol. The topological polar surface area (TPSA) is 29.9 Å². The maximum Gasteiger partial charge on any atom is 0.0739 e. The van der Waals surface area contributed by atoms with Crippen LogP contribution in [0.2, 0.25) is 0 Å². The van der Waals surface area contributed by atoms with Crippen molar-refractivity contribution in [3.8, 4) is 0 Å². The Morgan fingerprint density at radius 3 is 2.64 bits per heavy atom. The van der Waals surface area contributed by atoms with Crippen LogP contribution in [-0.2, 0) is 13.1 Å². The summed E-state index contributed by atoms with van der Waals surface area (Å²) < 4.78 is 3.17. The van der Waals surface area contributed by atoms with Gasteiger partial charge in [-0.3, -0.25) is 4.68 Å². The van der Waals surface area contributed by atoms with Crippen molar-refractivity contribution in [2.75, 3.05) is 0 Å². The van der Waals surface area contributed by atoms with Crippen LogP contribution in [0.1, 0.15) is 32.2 Å². The van der Waals surface area contributed by atoms with Gasteiger partial charge in [-0.15, -0.1) is 0 Å². The highest BCUT2D eigenvalue weighted by Gasteiger charge is 2.11. The van der Waals surface area contributed by atoms with Crippen molar-refractivity contribution in [3.63, 3.8) is 0 Å². The first kappa shape index (κ1) is 11.7. The van der Waals surface area contributed by atoms with Gasteiger partial charge in [0.25, 0.3) is 0 Å². The molecule has 0 atom stereocenters. The van der Waals surface area contributed by atoms with Gasteiger partial charge in [-0.05, 0) is 29.8 Å². The van der Waals surface area contributed by atoms with Crippen molar-refractivity contribution in [2.24, 2.45) is 0 Å². The summed E-state index contributed by atoms with van der Waals surface area (Å²) in [5, 5.41) is 7.84. The number of hydrogen-bond donors (Lipinski definition) is 1. The van der Waals surface area contributed by atoms with Crippen molar-refractivity contribution in [2.45, 2.75) is 46.8 Å². The van der Waals surface area contributed by atoms with Gasteiger partial charge < -0.3 is 5.32 Å². The fourth-order valence-corrected chi connectivity index (χ4v) is 1.76. The second-order valence-corrected chi connectivity index (χ2v) is 4.49. The number of nitrogens with one attached hydrogen (secondary N) is 1. The summed E-state index contributed by atoms with van der Waals surface area (Å²) in [6, 6.07) is 0.502. The highest BCUT2D eigenvalue weighted by atomic mass is 79.9. The molecule has 0 unspecified atom stereocenters. The van der Waals surface area contributed by atoms with Gasteiger partial charge in [0, 0.05) is 19.1 Å². The zero-order valence-corrected chi connectivity index (χ0v) is 10.8. The standard InChI is InChI=1S/C10H18BrN3/c1-5-14-9(6-12-7(2)3)10(11)8(4)13-14/h7,12H,5-6H2,1-4H3. The zero-order valence-electron chi connectivity index (χ0n) is 9.26. The lowest BCUT2D eigenvalue weighted by Crippen LogP contribution is -2.23.